The zero-order chi connectivity index (χ0) is 12.5. The summed E-state index contributed by atoms with van der Waals surface area (Å²) < 4.78 is 26.2. The lowest BCUT2D eigenvalue weighted by atomic mass is 10.5. The molecule has 1 N–H and O–H groups in total. The first-order chi connectivity index (χ1) is 7.99. The molecule has 0 spiro atoms. The van der Waals surface area contributed by atoms with Gasteiger partial charge >= 0.3 is 0 Å². The second-order valence-corrected chi connectivity index (χ2v) is 6.29. The van der Waals surface area contributed by atoms with E-state index in [-0.39, 0.29) is 15.1 Å². The molecule has 0 aromatic carbocycles. The molecule has 0 saturated carbocycles. The van der Waals surface area contributed by atoms with E-state index in [1.807, 2.05) is 0 Å². The van der Waals surface area contributed by atoms with Crippen molar-refractivity contribution in [2.75, 3.05) is 4.72 Å². The van der Waals surface area contributed by atoms with Gasteiger partial charge in [-0.1, -0.05) is 23.2 Å². The number of aromatic nitrogens is 1. The number of nitrogens with one attached hydrogen (secondary N) is 1. The van der Waals surface area contributed by atoms with Gasteiger partial charge in [0.2, 0.25) is 0 Å². The van der Waals surface area contributed by atoms with Crippen molar-refractivity contribution >= 4 is 50.2 Å². The number of sulfonamides is 1. The van der Waals surface area contributed by atoms with Gasteiger partial charge in [0, 0.05) is 11.6 Å². The molecule has 0 atom stereocenters. The number of hydrogen-bond donors (Lipinski definition) is 1. The molecule has 0 aliphatic heterocycles. The van der Waals surface area contributed by atoms with Crippen LogP contribution in [0.25, 0.3) is 0 Å². The Morgan fingerprint density at radius 3 is 2.71 bits per heavy atom. The van der Waals surface area contributed by atoms with Crippen LogP contribution in [0, 0.1) is 0 Å². The molecule has 90 valence electrons. The van der Waals surface area contributed by atoms with Gasteiger partial charge in [0.1, 0.15) is 10.0 Å². The van der Waals surface area contributed by atoms with Gasteiger partial charge in [-0.3, -0.25) is 4.72 Å². The van der Waals surface area contributed by atoms with Gasteiger partial charge in [0.25, 0.3) is 10.0 Å². The van der Waals surface area contributed by atoms with Gasteiger partial charge in [-0.25, -0.2) is 13.4 Å². The minimum Gasteiger partial charge on any atom is -0.279 e. The van der Waals surface area contributed by atoms with E-state index in [0.717, 1.165) is 6.20 Å². The average molecular weight is 309 g/mol. The van der Waals surface area contributed by atoms with Gasteiger partial charge in [0.15, 0.2) is 0 Å². The number of halogens is 2. The lowest BCUT2D eigenvalue weighted by molar-refractivity contribution is 0.601. The van der Waals surface area contributed by atoms with Crippen molar-refractivity contribution in [1.82, 2.24) is 4.98 Å². The zero-order valence-electron chi connectivity index (χ0n) is 8.22. The summed E-state index contributed by atoms with van der Waals surface area (Å²) in [4.78, 5) is 3.66. The molecule has 8 heteroatoms. The Kier molecular flexibility index (Phi) is 3.58. The van der Waals surface area contributed by atoms with Gasteiger partial charge in [-0.15, -0.1) is 0 Å². The predicted molar refractivity (Wildman–Crippen MR) is 69.4 cm³/mol. The van der Waals surface area contributed by atoms with Crippen molar-refractivity contribution < 1.29 is 8.42 Å². The zero-order valence-corrected chi connectivity index (χ0v) is 11.4. The molecule has 0 saturated heterocycles. The number of anilines is 1. The highest BCUT2D eigenvalue weighted by molar-refractivity contribution is 7.92. The molecule has 2 aromatic rings. The Labute approximate surface area is 112 Å². The van der Waals surface area contributed by atoms with Crippen LogP contribution in [-0.2, 0) is 10.0 Å². The van der Waals surface area contributed by atoms with Gasteiger partial charge < -0.3 is 0 Å². The van der Waals surface area contributed by atoms with Crippen LogP contribution >= 0.6 is 34.5 Å². The second-order valence-electron chi connectivity index (χ2n) is 3.06. The average Bonchev–Trinajstić information content (AvgIpc) is 2.73. The fourth-order valence-corrected chi connectivity index (χ4v) is 3.10. The normalized spacial score (nSPS) is 11.4. The Morgan fingerprint density at radius 1 is 1.35 bits per heavy atom. The van der Waals surface area contributed by atoms with Crippen LogP contribution in [0.5, 0.6) is 0 Å². The number of hydrogen-bond acceptors (Lipinski definition) is 4. The summed E-state index contributed by atoms with van der Waals surface area (Å²) in [6.45, 7) is 0. The smallest absolute Gasteiger partial charge is 0.263 e. The standard InChI is InChI=1S/C9H6Cl2N2O2S2/c10-8-3-7(4-12-9(8)11)17(14,15)13-6-1-2-16-5-6/h1-5,13H. The van der Waals surface area contributed by atoms with Crippen LogP contribution in [0.15, 0.2) is 34.0 Å². The lowest BCUT2D eigenvalue weighted by Gasteiger charge is -2.06. The molecule has 2 aromatic heterocycles. The second kappa shape index (κ2) is 4.81. The van der Waals surface area contributed by atoms with E-state index in [2.05, 4.69) is 9.71 Å². The van der Waals surface area contributed by atoms with Crippen LogP contribution in [0.3, 0.4) is 0 Å². The molecular weight excluding hydrogens is 303 g/mol. The minimum atomic E-state index is -3.67. The Balaban J connectivity index is 2.35. The third-order valence-corrected chi connectivity index (χ3v) is 4.57. The molecule has 2 rings (SSSR count). The largest absolute Gasteiger partial charge is 0.279 e. The number of thiophene rings is 1. The van der Waals surface area contributed by atoms with Crippen molar-refractivity contribution in [1.29, 1.82) is 0 Å². The third kappa shape index (κ3) is 2.90. The first kappa shape index (κ1) is 12.6. The molecule has 4 nitrogen and oxygen atoms in total. The highest BCUT2D eigenvalue weighted by Gasteiger charge is 2.16. The topological polar surface area (TPSA) is 59.1 Å². The SMILES string of the molecule is O=S(=O)(Nc1ccsc1)c1cnc(Cl)c(Cl)c1. The van der Waals surface area contributed by atoms with E-state index in [4.69, 9.17) is 23.2 Å². The first-order valence-corrected chi connectivity index (χ1v) is 7.53. The van der Waals surface area contributed by atoms with E-state index < -0.39 is 10.0 Å². The molecule has 0 aliphatic carbocycles. The number of nitrogens with zero attached hydrogens (tertiary/aromatic N) is 1. The predicted octanol–water partition coefficient (Wildman–Crippen LogP) is 3.25. The van der Waals surface area contributed by atoms with Gasteiger partial charge in [0.05, 0.1) is 10.7 Å². The maximum Gasteiger partial charge on any atom is 0.263 e. The van der Waals surface area contributed by atoms with Crippen molar-refractivity contribution in [2.24, 2.45) is 0 Å². The maximum atomic E-state index is 11.9. The minimum absolute atomic E-state index is 0.0295. The summed E-state index contributed by atoms with van der Waals surface area (Å²) in [5.74, 6) is 0. The van der Waals surface area contributed by atoms with Crippen LogP contribution in [0.1, 0.15) is 0 Å². The van der Waals surface area contributed by atoms with Crippen LogP contribution in [0.2, 0.25) is 10.2 Å². The molecule has 17 heavy (non-hydrogen) atoms. The molecule has 0 aliphatic rings. The molecular formula is C9H6Cl2N2O2S2. The molecule has 0 bridgehead atoms. The highest BCUT2D eigenvalue weighted by atomic mass is 35.5. The maximum absolute atomic E-state index is 11.9. The van der Waals surface area contributed by atoms with Crippen molar-refractivity contribution in [3.05, 3.63) is 39.3 Å². The van der Waals surface area contributed by atoms with Crippen molar-refractivity contribution in [3.63, 3.8) is 0 Å². The fourth-order valence-electron chi connectivity index (χ4n) is 1.09. The lowest BCUT2D eigenvalue weighted by Crippen LogP contribution is -2.12. The quantitative estimate of drug-likeness (QED) is 0.885. The van der Waals surface area contributed by atoms with Crippen LogP contribution in [-0.4, -0.2) is 13.4 Å². The Bertz CT molecular complexity index is 626. The van der Waals surface area contributed by atoms with E-state index >= 15 is 0 Å². The van der Waals surface area contributed by atoms with E-state index in [0.29, 0.717) is 5.69 Å². The van der Waals surface area contributed by atoms with Gasteiger partial charge in [-0.2, -0.15) is 11.3 Å². The number of rotatable bonds is 3. The Hall–Kier alpha value is -0.820. The molecule has 0 unspecified atom stereocenters. The summed E-state index contributed by atoms with van der Waals surface area (Å²) >= 11 is 12.7. The first-order valence-electron chi connectivity index (χ1n) is 4.35. The molecule has 0 radical (unpaired) electrons. The Morgan fingerprint density at radius 2 is 2.12 bits per heavy atom. The highest BCUT2D eigenvalue weighted by Crippen LogP contribution is 2.24. The van der Waals surface area contributed by atoms with Gasteiger partial charge in [-0.05, 0) is 17.5 Å². The van der Waals surface area contributed by atoms with E-state index in [1.54, 1.807) is 16.8 Å². The van der Waals surface area contributed by atoms with Crippen molar-refractivity contribution in [3.8, 4) is 0 Å². The monoisotopic (exact) mass is 308 g/mol. The van der Waals surface area contributed by atoms with E-state index in [1.165, 1.54) is 17.4 Å². The molecule has 2 heterocycles. The van der Waals surface area contributed by atoms with Crippen molar-refractivity contribution in [2.45, 2.75) is 4.90 Å². The number of pyridine rings is 1. The molecule has 0 fully saturated rings. The summed E-state index contributed by atoms with van der Waals surface area (Å²) in [7, 11) is -3.67. The van der Waals surface area contributed by atoms with E-state index in [9.17, 15) is 8.42 Å². The van der Waals surface area contributed by atoms with Crippen LogP contribution < -0.4 is 4.72 Å². The van der Waals surface area contributed by atoms with Crippen LogP contribution in [0.4, 0.5) is 5.69 Å². The fraction of sp³-hybridized carbons (Fsp3) is 0. The third-order valence-electron chi connectivity index (χ3n) is 1.85. The summed E-state index contributed by atoms with van der Waals surface area (Å²) in [6, 6.07) is 2.92. The summed E-state index contributed by atoms with van der Waals surface area (Å²) in [6.07, 6.45) is 1.16. The summed E-state index contributed by atoms with van der Waals surface area (Å²) in [5.41, 5.74) is 0.501. The summed E-state index contributed by atoms with van der Waals surface area (Å²) in [5, 5.41) is 3.62. The molecule has 0 amide bonds.